The smallest absolute Gasteiger partial charge is 0.152 e. The molecule has 1 aliphatic heterocycles. The van der Waals surface area contributed by atoms with Crippen LogP contribution in [0, 0.1) is 0 Å². The third kappa shape index (κ3) is 2.18. The number of nitrogens with zero attached hydrogens (tertiary/aromatic N) is 1. The molecule has 3 rings (SSSR count). The van der Waals surface area contributed by atoms with Crippen LogP contribution in [-0.2, 0) is 13.0 Å². The molecule has 3 nitrogen and oxygen atoms in total. The van der Waals surface area contributed by atoms with Gasteiger partial charge in [0.05, 0.1) is 0 Å². The first-order valence-corrected chi connectivity index (χ1v) is 6.63. The number of nitrogens with one attached hydrogen (secondary N) is 1. The SMILES string of the molecule is CC.CCc1cc2c(c3ncccc13)OCNC2. The van der Waals surface area contributed by atoms with Crippen molar-refractivity contribution in [2.75, 3.05) is 6.73 Å². The van der Waals surface area contributed by atoms with Crippen molar-refractivity contribution in [1.29, 1.82) is 0 Å². The maximum atomic E-state index is 5.66. The number of fused-ring (bicyclic) bond motifs is 3. The molecule has 0 aliphatic carbocycles. The first-order chi connectivity index (χ1) is 8.90. The fourth-order valence-electron chi connectivity index (χ4n) is 2.24. The number of hydrogen-bond donors (Lipinski definition) is 1. The van der Waals surface area contributed by atoms with E-state index >= 15 is 0 Å². The van der Waals surface area contributed by atoms with E-state index in [1.54, 1.807) is 0 Å². The minimum absolute atomic E-state index is 0.574. The molecule has 3 heteroatoms. The summed E-state index contributed by atoms with van der Waals surface area (Å²) < 4.78 is 5.66. The van der Waals surface area contributed by atoms with E-state index < -0.39 is 0 Å². The summed E-state index contributed by atoms with van der Waals surface area (Å²) >= 11 is 0. The summed E-state index contributed by atoms with van der Waals surface area (Å²) in [4.78, 5) is 4.45. The quantitative estimate of drug-likeness (QED) is 0.836. The highest BCUT2D eigenvalue weighted by molar-refractivity contribution is 5.89. The van der Waals surface area contributed by atoms with Gasteiger partial charge in [-0.1, -0.05) is 32.9 Å². The fourth-order valence-corrected chi connectivity index (χ4v) is 2.24. The third-order valence-electron chi connectivity index (χ3n) is 3.02. The second-order valence-corrected chi connectivity index (χ2v) is 3.99. The lowest BCUT2D eigenvalue weighted by Gasteiger charge is -2.21. The molecule has 0 atom stereocenters. The van der Waals surface area contributed by atoms with Crippen molar-refractivity contribution in [2.24, 2.45) is 0 Å². The Balaban J connectivity index is 0.000000574. The molecule has 0 amide bonds. The summed E-state index contributed by atoms with van der Waals surface area (Å²) in [6.45, 7) is 7.62. The van der Waals surface area contributed by atoms with Gasteiger partial charge in [0.25, 0.3) is 0 Å². The third-order valence-corrected chi connectivity index (χ3v) is 3.02. The van der Waals surface area contributed by atoms with Crippen LogP contribution in [0.1, 0.15) is 31.9 Å². The van der Waals surface area contributed by atoms with Crippen LogP contribution in [0.15, 0.2) is 24.4 Å². The standard InChI is InChI=1S/C13H14N2O.C2H6/c1-2-9-6-10-7-14-8-16-13(10)12-11(9)4-3-5-15-12;1-2/h3-6,14H,2,7-8H2,1H3;1-2H3. The van der Waals surface area contributed by atoms with Gasteiger partial charge < -0.3 is 4.74 Å². The van der Waals surface area contributed by atoms with Crippen molar-refractivity contribution in [3.63, 3.8) is 0 Å². The van der Waals surface area contributed by atoms with E-state index in [0.29, 0.717) is 6.73 Å². The molecule has 0 fully saturated rings. The van der Waals surface area contributed by atoms with Crippen molar-refractivity contribution in [3.05, 3.63) is 35.5 Å². The number of benzene rings is 1. The highest BCUT2D eigenvalue weighted by Crippen LogP contribution is 2.32. The Hall–Kier alpha value is -1.61. The molecule has 0 radical (unpaired) electrons. The molecule has 1 N–H and O–H groups in total. The average Bonchev–Trinajstić information content (AvgIpc) is 2.48. The summed E-state index contributed by atoms with van der Waals surface area (Å²) in [6.07, 6.45) is 2.85. The van der Waals surface area contributed by atoms with Crippen LogP contribution in [-0.4, -0.2) is 11.7 Å². The van der Waals surface area contributed by atoms with E-state index in [1.165, 1.54) is 16.5 Å². The van der Waals surface area contributed by atoms with E-state index in [4.69, 9.17) is 4.74 Å². The molecule has 2 heterocycles. The average molecular weight is 244 g/mol. The number of aromatic nitrogens is 1. The van der Waals surface area contributed by atoms with E-state index in [2.05, 4.69) is 29.4 Å². The van der Waals surface area contributed by atoms with Gasteiger partial charge in [-0.25, -0.2) is 0 Å². The van der Waals surface area contributed by atoms with Crippen LogP contribution in [0.25, 0.3) is 10.9 Å². The highest BCUT2D eigenvalue weighted by Gasteiger charge is 2.16. The molecule has 0 saturated heterocycles. The Morgan fingerprint density at radius 3 is 3.00 bits per heavy atom. The van der Waals surface area contributed by atoms with Gasteiger partial charge in [0.15, 0.2) is 5.75 Å². The molecule has 0 spiro atoms. The molecule has 96 valence electrons. The summed E-state index contributed by atoms with van der Waals surface area (Å²) in [5.41, 5.74) is 3.56. The van der Waals surface area contributed by atoms with E-state index in [-0.39, 0.29) is 0 Å². The zero-order valence-electron chi connectivity index (χ0n) is 11.3. The lowest BCUT2D eigenvalue weighted by Crippen LogP contribution is -2.25. The van der Waals surface area contributed by atoms with Crippen LogP contribution in [0.3, 0.4) is 0 Å². The topological polar surface area (TPSA) is 34.1 Å². The van der Waals surface area contributed by atoms with Gasteiger partial charge in [-0.05, 0) is 18.1 Å². The maximum absolute atomic E-state index is 5.66. The van der Waals surface area contributed by atoms with Gasteiger partial charge in [-0.15, -0.1) is 0 Å². The first kappa shape index (κ1) is 12.8. The van der Waals surface area contributed by atoms with Crippen LogP contribution in [0.2, 0.25) is 0 Å². The number of hydrogen-bond acceptors (Lipinski definition) is 3. The molecular formula is C15H20N2O. The second kappa shape index (κ2) is 5.83. The van der Waals surface area contributed by atoms with Crippen molar-refractivity contribution in [3.8, 4) is 5.75 Å². The van der Waals surface area contributed by atoms with Crippen LogP contribution in [0.5, 0.6) is 5.75 Å². The summed E-state index contributed by atoms with van der Waals surface area (Å²) in [6, 6.07) is 6.33. The molecule has 1 aliphatic rings. The summed E-state index contributed by atoms with van der Waals surface area (Å²) in [5.74, 6) is 0.951. The summed E-state index contributed by atoms with van der Waals surface area (Å²) in [7, 11) is 0. The Morgan fingerprint density at radius 1 is 1.39 bits per heavy atom. The molecule has 1 aromatic heterocycles. The van der Waals surface area contributed by atoms with Crippen molar-refractivity contribution in [1.82, 2.24) is 10.3 Å². The molecule has 18 heavy (non-hydrogen) atoms. The molecule has 0 saturated carbocycles. The van der Waals surface area contributed by atoms with Crippen LogP contribution < -0.4 is 10.1 Å². The number of aryl methyl sites for hydroxylation is 1. The predicted molar refractivity (Wildman–Crippen MR) is 74.8 cm³/mol. The number of ether oxygens (including phenoxy) is 1. The number of rotatable bonds is 1. The van der Waals surface area contributed by atoms with Crippen molar-refractivity contribution in [2.45, 2.75) is 33.7 Å². The van der Waals surface area contributed by atoms with Crippen molar-refractivity contribution < 1.29 is 4.74 Å². The molecule has 0 bridgehead atoms. The highest BCUT2D eigenvalue weighted by atomic mass is 16.5. The summed E-state index contributed by atoms with van der Waals surface area (Å²) in [5, 5.41) is 4.42. The minimum Gasteiger partial charge on any atom is -0.476 e. The maximum Gasteiger partial charge on any atom is 0.152 e. The van der Waals surface area contributed by atoms with Crippen LogP contribution >= 0.6 is 0 Å². The Bertz CT molecular complexity index is 537. The number of pyridine rings is 1. The largest absolute Gasteiger partial charge is 0.476 e. The van der Waals surface area contributed by atoms with Gasteiger partial charge in [-0.3, -0.25) is 10.3 Å². The Kier molecular flexibility index (Phi) is 4.15. The van der Waals surface area contributed by atoms with E-state index in [1.807, 2.05) is 26.1 Å². The second-order valence-electron chi connectivity index (χ2n) is 3.99. The van der Waals surface area contributed by atoms with E-state index in [9.17, 15) is 0 Å². The van der Waals surface area contributed by atoms with Gasteiger partial charge >= 0.3 is 0 Å². The minimum atomic E-state index is 0.574. The van der Waals surface area contributed by atoms with Gasteiger partial charge in [0.2, 0.25) is 0 Å². The van der Waals surface area contributed by atoms with Crippen LogP contribution in [0.4, 0.5) is 0 Å². The lowest BCUT2D eigenvalue weighted by molar-refractivity contribution is 0.260. The van der Waals surface area contributed by atoms with Gasteiger partial charge in [0, 0.05) is 23.7 Å². The molecule has 0 unspecified atom stereocenters. The van der Waals surface area contributed by atoms with Crippen molar-refractivity contribution >= 4 is 10.9 Å². The lowest BCUT2D eigenvalue weighted by atomic mass is 10.0. The Morgan fingerprint density at radius 2 is 2.22 bits per heavy atom. The predicted octanol–water partition coefficient (Wildman–Crippen LogP) is 3.26. The zero-order chi connectivity index (χ0) is 13.0. The molecular weight excluding hydrogens is 224 g/mol. The molecule has 1 aromatic carbocycles. The zero-order valence-corrected chi connectivity index (χ0v) is 11.3. The van der Waals surface area contributed by atoms with E-state index in [0.717, 1.165) is 24.2 Å². The normalized spacial score (nSPS) is 13.3. The first-order valence-electron chi connectivity index (χ1n) is 6.63. The molecule has 2 aromatic rings. The monoisotopic (exact) mass is 244 g/mol. The fraction of sp³-hybridized carbons (Fsp3) is 0.400. The van der Waals surface area contributed by atoms with Gasteiger partial charge in [-0.2, -0.15) is 0 Å². The Labute approximate surface area is 108 Å². The van der Waals surface area contributed by atoms with Gasteiger partial charge in [0.1, 0.15) is 12.2 Å².